The molecule has 0 atom stereocenters. The van der Waals surface area contributed by atoms with Crippen molar-refractivity contribution in [3.63, 3.8) is 0 Å². The van der Waals surface area contributed by atoms with Gasteiger partial charge < -0.3 is 10.6 Å². The Morgan fingerprint density at radius 1 is 0.962 bits per heavy atom. The third kappa shape index (κ3) is 4.31. The standard InChI is InChI=1S/C22H26N2O2/c1-2-3-14-23-22(26)19-10-6-7-11-20(19)24-21(25)18-13-12-16-8-4-5-9-17(16)15-18/h6-7,10-13,15H,2-5,8-9,14H2,1H3,(H,23,26)(H,24,25). The van der Waals surface area contributed by atoms with Crippen molar-refractivity contribution >= 4 is 17.5 Å². The van der Waals surface area contributed by atoms with Crippen molar-refractivity contribution in [3.8, 4) is 0 Å². The summed E-state index contributed by atoms with van der Waals surface area (Å²) in [5.41, 5.74) is 4.31. The van der Waals surface area contributed by atoms with Crippen molar-refractivity contribution in [2.24, 2.45) is 0 Å². The highest BCUT2D eigenvalue weighted by Crippen LogP contribution is 2.23. The second-order valence-corrected chi connectivity index (χ2v) is 6.80. The summed E-state index contributed by atoms with van der Waals surface area (Å²) >= 11 is 0. The number of hydrogen-bond donors (Lipinski definition) is 2. The van der Waals surface area contributed by atoms with Crippen molar-refractivity contribution < 1.29 is 9.59 Å². The Bertz CT molecular complexity index is 798. The fraction of sp³-hybridized carbons (Fsp3) is 0.364. The predicted molar refractivity (Wildman–Crippen MR) is 105 cm³/mol. The van der Waals surface area contributed by atoms with E-state index < -0.39 is 0 Å². The molecule has 0 heterocycles. The summed E-state index contributed by atoms with van der Waals surface area (Å²) < 4.78 is 0. The molecule has 0 fully saturated rings. The first-order valence-electron chi connectivity index (χ1n) is 9.49. The highest BCUT2D eigenvalue weighted by Gasteiger charge is 2.16. The minimum atomic E-state index is -0.174. The zero-order valence-electron chi connectivity index (χ0n) is 15.3. The van der Waals surface area contributed by atoms with Crippen LogP contribution in [0, 0.1) is 0 Å². The van der Waals surface area contributed by atoms with Gasteiger partial charge in [-0.3, -0.25) is 9.59 Å². The second-order valence-electron chi connectivity index (χ2n) is 6.80. The van der Waals surface area contributed by atoms with E-state index in [1.807, 2.05) is 24.3 Å². The van der Waals surface area contributed by atoms with E-state index in [-0.39, 0.29) is 11.8 Å². The van der Waals surface area contributed by atoms with Gasteiger partial charge in [-0.25, -0.2) is 0 Å². The van der Waals surface area contributed by atoms with E-state index >= 15 is 0 Å². The van der Waals surface area contributed by atoms with Gasteiger partial charge in [0.1, 0.15) is 0 Å². The van der Waals surface area contributed by atoms with Crippen molar-refractivity contribution in [2.45, 2.75) is 45.4 Å². The molecule has 2 amide bonds. The lowest BCUT2D eigenvalue weighted by Crippen LogP contribution is -2.26. The number of para-hydroxylation sites is 1. The summed E-state index contributed by atoms with van der Waals surface area (Å²) in [5.74, 6) is -0.327. The summed E-state index contributed by atoms with van der Waals surface area (Å²) in [6.45, 7) is 2.72. The van der Waals surface area contributed by atoms with Gasteiger partial charge in [-0.15, -0.1) is 0 Å². The number of amides is 2. The molecule has 2 N–H and O–H groups in total. The van der Waals surface area contributed by atoms with Gasteiger partial charge in [0.05, 0.1) is 11.3 Å². The molecular weight excluding hydrogens is 324 g/mol. The summed E-state index contributed by atoms with van der Waals surface area (Å²) in [5, 5.41) is 5.81. The first-order chi connectivity index (χ1) is 12.7. The number of nitrogens with one attached hydrogen (secondary N) is 2. The Morgan fingerprint density at radius 2 is 1.73 bits per heavy atom. The minimum Gasteiger partial charge on any atom is -0.352 e. The smallest absolute Gasteiger partial charge is 0.255 e. The van der Waals surface area contributed by atoms with Crippen LogP contribution in [-0.2, 0) is 12.8 Å². The molecular formula is C22H26N2O2. The fourth-order valence-corrected chi connectivity index (χ4v) is 3.33. The molecule has 4 heteroatoms. The van der Waals surface area contributed by atoms with E-state index in [9.17, 15) is 9.59 Å². The Hall–Kier alpha value is -2.62. The Balaban J connectivity index is 1.74. The average Bonchev–Trinajstić information content (AvgIpc) is 2.68. The van der Waals surface area contributed by atoms with Crippen LogP contribution in [0.15, 0.2) is 42.5 Å². The Kier molecular flexibility index (Phi) is 6.05. The van der Waals surface area contributed by atoms with Gasteiger partial charge in [-0.2, -0.15) is 0 Å². The molecule has 1 aliphatic rings. The zero-order valence-corrected chi connectivity index (χ0v) is 15.3. The van der Waals surface area contributed by atoms with Crippen LogP contribution < -0.4 is 10.6 Å². The van der Waals surface area contributed by atoms with E-state index in [0.717, 1.165) is 25.7 Å². The lowest BCUT2D eigenvalue weighted by molar-refractivity contribution is 0.0954. The van der Waals surface area contributed by atoms with Crippen LogP contribution in [0.1, 0.15) is 64.4 Å². The number of aryl methyl sites for hydroxylation is 2. The predicted octanol–water partition coefficient (Wildman–Crippen LogP) is 4.35. The molecule has 2 aromatic carbocycles. The summed E-state index contributed by atoms with van der Waals surface area (Å²) in [4.78, 5) is 25.1. The average molecular weight is 350 g/mol. The van der Waals surface area contributed by atoms with Gasteiger partial charge in [0, 0.05) is 12.1 Å². The van der Waals surface area contributed by atoms with Crippen LogP contribution in [0.25, 0.3) is 0 Å². The highest BCUT2D eigenvalue weighted by molar-refractivity contribution is 6.09. The summed E-state index contributed by atoms with van der Waals surface area (Å²) in [7, 11) is 0. The van der Waals surface area contributed by atoms with Gasteiger partial charge in [-0.1, -0.05) is 31.5 Å². The van der Waals surface area contributed by atoms with Crippen LogP contribution in [-0.4, -0.2) is 18.4 Å². The Morgan fingerprint density at radius 3 is 2.54 bits per heavy atom. The quantitative estimate of drug-likeness (QED) is 0.761. The number of benzene rings is 2. The van der Waals surface area contributed by atoms with Crippen molar-refractivity contribution in [1.29, 1.82) is 0 Å². The monoisotopic (exact) mass is 350 g/mol. The minimum absolute atomic E-state index is 0.153. The molecule has 0 spiro atoms. The number of fused-ring (bicyclic) bond motifs is 1. The second kappa shape index (κ2) is 8.65. The van der Waals surface area contributed by atoms with Crippen LogP contribution in [0.3, 0.4) is 0 Å². The number of rotatable bonds is 6. The highest BCUT2D eigenvalue weighted by atomic mass is 16.2. The first-order valence-corrected chi connectivity index (χ1v) is 9.49. The molecule has 3 rings (SSSR count). The fourth-order valence-electron chi connectivity index (χ4n) is 3.33. The van der Waals surface area contributed by atoms with Crippen LogP contribution in [0.4, 0.5) is 5.69 Å². The van der Waals surface area contributed by atoms with Crippen LogP contribution in [0.5, 0.6) is 0 Å². The lowest BCUT2D eigenvalue weighted by Gasteiger charge is -2.17. The molecule has 0 saturated carbocycles. The molecule has 0 aliphatic heterocycles. The largest absolute Gasteiger partial charge is 0.352 e. The van der Waals surface area contributed by atoms with E-state index in [1.54, 1.807) is 12.1 Å². The molecule has 4 nitrogen and oxygen atoms in total. The van der Waals surface area contributed by atoms with Gasteiger partial charge in [0.2, 0.25) is 0 Å². The third-order valence-electron chi connectivity index (χ3n) is 4.85. The maximum Gasteiger partial charge on any atom is 0.255 e. The molecule has 1 aliphatic carbocycles. The van der Waals surface area contributed by atoms with Crippen LogP contribution >= 0.6 is 0 Å². The number of unbranched alkanes of at least 4 members (excludes halogenated alkanes) is 1. The van der Waals surface area contributed by atoms with Gasteiger partial charge >= 0.3 is 0 Å². The van der Waals surface area contributed by atoms with Gasteiger partial charge in [0.15, 0.2) is 0 Å². The molecule has 0 aromatic heterocycles. The zero-order chi connectivity index (χ0) is 18.4. The van der Waals surface area contributed by atoms with E-state index in [1.165, 1.54) is 24.0 Å². The lowest BCUT2D eigenvalue weighted by atomic mass is 9.90. The Labute approximate surface area is 155 Å². The number of carbonyl (C=O) groups excluding carboxylic acids is 2. The van der Waals surface area contributed by atoms with E-state index in [0.29, 0.717) is 23.4 Å². The molecule has 0 saturated heterocycles. The summed E-state index contributed by atoms with van der Waals surface area (Å²) in [6.07, 6.45) is 6.50. The third-order valence-corrected chi connectivity index (χ3v) is 4.85. The summed E-state index contributed by atoms with van der Waals surface area (Å²) in [6, 6.07) is 13.1. The maximum atomic E-state index is 12.7. The van der Waals surface area contributed by atoms with E-state index in [2.05, 4.69) is 23.6 Å². The van der Waals surface area contributed by atoms with Crippen LogP contribution in [0.2, 0.25) is 0 Å². The van der Waals surface area contributed by atoms with Gasteiger partial charge in [0.25, 0.3) is 11.8 Å². The van der Waals surface area contributed by atoms with Crippen molar-refractivity contribution in [1.82, 2.24) is 5.32 Å². The topological polar surface area (TPSA) is 58.2 Å². The molecule has 136 valence electrons. The van der Waals surface area contributed by atoms with Crippen molar-refractivity contribution in [3.05, 3.63) is 64.7 Å². The molecule has 0 bridgehead atoms. The molecule has 0 unspecified atom stereocenters. The normalized spacial score (nSPS) is 13.0. The molecule has 2 aromatic rings. The number of hydrogen-bond acceptors (Lipinski definition) is 2. The SMILES string of the molecule is CCCCNC(=O)c1ccccc1NC(=O)c1ccc2c(c1)CCCC2. The van der Waals surface area contributed by atoms with Gasteiger partial charge in [-0.05, 0) is 67.5 Å². The maximum absolute atomic E-state index is 12.7. The number of anilines is 1. The van der Waals surface area contributed by atoms with Crippen molar-refractivity contribution in [2.75, 3.05) is 11.9 Å². The van der Waals surface area contributed by atoms with E-state index in [4.69, 9.17) is 0 Å². The number of carbonyl (C=O) groups is 2. The molecule has 0 radical (unpaired) electrons. The molecule has 26 heavy (non-hydrogen) atoms. The first kappa shape index (κ1) is 18.2.